The summed E-state index contributed by atoms with van der Waals surface area (Å²) >= 11 is 0. The van der Waals surface area contributed by atoms with E-state index in [1.807, 2.05) is 12.1 Å². The van der Waals surface area contributed by atoms with Crippen LogP contribution in [0.15, 0.2) is 30.3 Å². The Hall–Kier alpha value is -1.61. The molecule has 5 aliphatic carbocycles. The van der Waals surface area contributed by atoms with Crippen LogP contribution in [0.25, 0.3) is 5.57 Å². The molecule has 5 aliphatic rings. The third kappa shape index (κ3) is 3.10. The van der Waals surface area contributed by atoms with E-state index in [9.17, 15) is 9.90 Å². The minimum Gasteiger partial charge on any atom is -0.478 e. The molecule has 0 bridgehead atoms. The summed E-state index contributed by atoms with van der Waals surface area (Å²) in [5.41, 5.74) is 4.70. The summed E-state index contributed by atoms with van der Waals surface area (Å²) < 4.78 is 0. The SMILES string of the molecule is CNC12CCCC1C1CCC3C4(C)CC=C(c5ccc(C(=O)O)cc5)C(C)C4CCC3(C)[C@]1(C)CC2. The molecule has 0 amide bonds. The Kier molecular flexibility index (Phi) is 5.62. The molecule has 0 radical (unpaired) electrons. The standard InChI is InChI=1S/C33H47NO2/c1-21-24(22-8-10-23(11-9-22)29(35)36)14-17-30(2)25(21)15-18-32(4)28(30)13-12-26-27-7-6-16-33(27,34-5)20-19-31(26,32)3/h8-11,14,21,25-28,34H,6-7,12-13,15-20H2,1-5H3,(H,35,36)/t21?,25?,26?,27?,28?,30?,31-,32?,33?/m1/s1. The van der Waals surface area contributed by atoms with Gasteiger partial charge < -0.3 is 10.4 Å². The first-order valence-corrected chi connectivity index (χ1v) is 14.8. The molecule has 0 aliphatic heterocycles. The molecule has 1 aromatic rings. The highest BCUT2D eigenvalue weighted by atomic mass is 16.4. The van der Waals surface area contributed by atoms with Crippen LogP contribution in [0.1, 0.15) is 108 Å². The minimum absolute atomic E-state index is 0.359. The van der Waals surface area contributed by atoms with Crippen LogP contribution in [-0.2, 0) is 0 Å². The molecule has 36 heavy (non-hydrogen) atoms. The van der Waals surface area contributed by atoms with E-state index in [2.05, 4.69) is 46.1 Å². The molecule has 3 heteroatoms. The third-order valence-electron chi connectivity index (χ3n) is 13.5. The average Bonchev–Trinajstić information content (AvgIpc) is 3.29. The molecule has 6 rings (SSSR count). The van der Waals surface area contributed by atoms with Gasteiger partial charge in [0.25, 0.3) is 0 Å². The van der Waals surface area contributed by atoms with Gasteiger partial charge in [-0.15, -0.1) is 0 Å². The van der Waals surface area contributed by atoms with E-state index in [1.165, 1.54) is 75.3 Å². The second-order valence-electron chi connectivity index (χ2n) is 14.2. The van der Waals surface area contributed by atoms with E-state index in [0.717, 1.165) is 17.8 Å². The van der Waals surface area contributed by atoms with Gasteiger partial charge in [-0.05, 0) is 134 Å². The molecule has 0 spiro atoms. The first-order valence-electron chi connectivity index (χ1n) is 14.8. The maximum atomic E-state index is 11.4. The summed E-state index contributed by atoms with van der Waals surface area (Å²) in [6.07, 6.45) is 16.3. The molecule has 4 fully saturated rings. The first-order chi connectivity index (χ1) is 17.1. The van der Waals surface area contributed by atoms with Gasteiger partial charge in [0.05, 0.1) is 5.56 Å². The number of fused-ring (bicyclic) bond motifs is 7. The molecule has 8 unspecified atom stereocenters. The van der Waals surface area contributed by atoms with Crippen molar-refractivity contribution in [2.24, 2.45) is 45.8 Å². The van der Waals surface area contributed by atoms with Crippen molar-refractivity contribution < 1.29 is 9.90 Å². The number of rotatable bonds is 3. The van der Waals surface area contributed by atoms with Gasteiger partial charge in [-0.2, -0.15) is 0 Å². The largest absolute Gasteiger partial charge is 0.478 e. The van der Waals surface area contributed by atoms with Crippen molar-refractivity contribution >= 4 is 11.5 Å². The molecule has 2 N–H and O–H groups in total. The van der Waals surface area contributed by atoms with Crippen LogP contribution in [0.4, 0.5) is 0 Å². The fourth-order valence-corrected chi connectivity index (χ4v) is 11.4. The molecule has 1 aromatic carbocycles. The fourth-order valence-electron chi connectivity index (χ4n) is 11.4. The predicted molar refractivity (Wildman–Crippen MR) is 147 cm³/mol. The topological polar surface area (TPSA) is 49.3 Å². The highest BCUT2D eigenvalue weighted by Gasteiger charge is 2.68. The van der Waals surface area contributed by atoms with Crippen LogP contribution in [-0.4, -0.2) is 23.7 Å². The average molecular weight is 490 g/mol. The lowest BCUT2D eigenvalue weighted by Gasteiger charge is -2.71. The van der Waals surface area contributed by atoms with Crippen LogP contribution in [0.2, 0.25) is 0 Å². The number of aromatic carboxylic acids is 1. The Bertz CT molecular complexity index is 1080. The van der Waals surface area contributed by atoms with E-state index in [0.29, 0.717) is 39.2 Å². The van der Waals surface area contributed by atoms with Crippen LogP contribution in [0, 0.1) is 45.8 Å². The van der Waals surface area contributed by atoms with Gasteiger partial charge in [-0.3, -0.25) is 0 Å². The lowest BCUT2D eigenvalue weighted by Crippen LogP contribution is -2.66. The zero-order chi connectivity index (χ0) is 25.5. The Morgan fingerprint density at radius 3 is 2.33 bits per heavy atom. The summed E-state index contributed by atoms with van der Waals surface area (Å²) in [4.78, 5) is 11.4. The number of allylic oxidation sites excluding steroid dienone is 2. The van der Waals surface area contributed by atoms with Crippen LogP contribution in [0.5, 0.6) is 0 Å². The van der Waals surface area contributed by atoms with Gasteiger partial charge in [0, 0.05) is 5.54 Å². The highest BCUT2D eigenvalue weighted by Crippen LogP contribution is 2.75. The molecular formula is C33H47NO2. The monoisotopic (exact) mass is 489 g/mol. The van der Waals surface area contributed by atoms with E-state index < -0.39 is 5.97 Å². The fraction of sp³-hybridized carbons (Fsp3) is 0.727. The number of hydrogen-bond acceptors (Lipinski definition) is 2. The maximum absolute atomic E-state index is 11.4. The van der Waals surface area contributed by atoms with Gasteiger partial charge in [-0.25, -0.2) is 4.79 Å². The summed E-state index contributed by atoms with van der Waals surface area (Å²) in [6, 6.07) is 7.61. The lowest BCUT2D eigenvalue weighted by atomic mass is 9.34. The van der Waals surface area contributed by atoms with Crippen molar-refractivity contribution in [1.29, 1.82) is 0 Å². The van der Waals surface area contributed by atoms with Gasteiger partial charge in [0.1, 0.15) is 0 Å². The predicted octanol–water partition coefficient (Wildman–Crippen LogP) is 7.82. The highest BCUT2D eigenvalue weighted by molar-refractivity contribution is 5.88. The van der Waals surface area contributed by atoms with Gasteiger partial charge in [0.15, 0.2) is 0 Å². The second kappa shape index (κ2) is 8.19. The molecule has 196 valence electrons. The Morgan fingerprint density at radius 1 is 0.889 bits per heavy atom. The van der Waals surface area contributed by atoms with Crippen LogP contribution >= 0.6 is 0 Å². The van der Waals surface area contributed by atoms with Gasteiger partial charge in [-0.1, -0.05) is 52.3 Å². The number of carboxylic acid groups (broad SMARTS) is 1. The van der Waals surface area contributed by atoms with Crippen molar-refractivity contribution in [3.8, 4) is 0 Å². The molecule has 0 aromatic heterocycles. The van der Waals surface area contributed by atoms with Gasteiger partial charge >= 0.3 is 5.97 Å². The van der Waals surface area contributed by atoms with Gasteiger partial charge in [0.2, 0.25) is 0 Å². The van der Waals surface area contributed by atoms with Crippen LogP contribution < -0.4 is 5.32 Å². The minimum atomic E-state index is -0.845. The number of hydrogen-bond donors (Lipinski definition) is 2. The van der Waals surface area contributed by atoms with E-state index in [4.69, 9.17) is 0 Å². The summed E-state index contributed by atoms with van der Waals surface area (Å²) in [6.45, 7) is 10.6. The van der Waals surface area contributed by atoms with E-state index in [1.54, 1.807) is 12.1 Å². The molecule has 3 nitrogen and oxygen atoms in total. The second-order valence-corrected chi connectivity index (χ2v) is 14.2. The Labute approximate surface area is 218 Å². The Morgan fingerprint density at radius 2 is 1.64 bits per heavy atom. The summed E-state index contributed by atoms with van der Waals surface area (Å²) in [5.74, 6) is 2.93. The van der Waals surface area contributed by atoms with Crippen molar-refractivity contribution in [1.82, 2.24) is 5.32 Å². The normalized spacial score (nSPS) is 47.7. The first kappa shape index (κ1) is 24.7. The molecule has 0 heterocycles. The van der Waals surface area contributed by atoms with Crippen molar-refractivity contribution in [3.05, 3.63) is 41.5 Å². The number of benzene rings is 1. The van der Waals surface area contributed by atoms with E-state index >= 15 is 0 Å². The number of carbonyl (C=O) groups is 1. The molecule has 0 saturated heterocycles. The third-order valence-corrected chi connectivity index (χ3v) is 13.5. The molecule has 4 saturated carbocycles. The zero-order valence-corrected chi connectivity index (χ0v) is 23.2. The quantitative estimate of drug-likeness (QED) is 0.455. The van der Waals surface area contributed by atoms with Crippen molar-refractivity contribution in [2.75, 3.05) is 7.05 Å². The van der Waals surface area contributed by atoms with Crippen LogP contribution in [0.3, 0.4) is 0 Å². The maximum Gasteiger partial charge on any atom is 0.335 e. The molecular weight excluding hydrogens is 442 g/mol. The zero-order valence-electron chi connectivity index (χ0n) is 23.2. The Balaban J connectivity index is 1.32. The van der Waals surface area contributed by atoms with Crippen molar-refractivity contribution in [2.45, 2.75) is 97.4 Å². The smallest absolute Gasteiger partial charge is 0.335 e. The lowest BCUT2D eigenvalue weighted by molar-refractivity contribution is -0.211. The summed E-state index contributed by atoms with van der Waals surface area (Å²) in [5, 5.41) is 13.2. The molecule has 9 atom stereocenters. The van der Waals surface area contributed by atoms with E-state index in [-0.39, 0.29) is 0 Å². The van der Waals surface area contributed by atoms with Crippen molar-refractivity contribution in [3.63, 3.8) is 0 Å². The summed E-state index contributed by atoms with van der Waals surface area (Å²) in [7, 11) is 2.24. The number of carboxylic acids is 1. The number of nitrogens with one attached hydrogen (secondary N) is 1.